The van der Waals surface area contributed by atoms with Gasteiger partial charge in [0.1, 0.15) is 4.70 Å². The number of fused-ring (bicyclic) bond motifs is 1. The molecule has 6 nitrogen and oxygen atoms in total. The number of aliphatic carboxylic acids is 1. The first-order valence-corrected chi connectivity index (χ1v) is 6.48. The molecule has 0 unspecified atom stereocenters. The molecule has 0 amide bonds. The molecule has 18 heavy (non-hydrogen) atoms. The number of H-pyrrole nitrogens is 1. The monoisotopic (exact) mass is 265 g/mol. The molecule has 94 valence electrons. The van der Waals surface area contributed by atoms with Crippen molar-refractivity contribution >= 4 is 33.5 Å². The van der Waals surface area contributed by atoms with Crippen molar-refractivity contribution in [2.75, 3.05) is 18.0 Å². The molecule has 1 aliphatic heterocycles. The van der Waals surface area contributed by atoms with E-state index in [4.69, 9.17) is 5.11 Å². The molecule has 3 heterocycles. The van der Waals surface area contributed by atoms with Gasteiger partial charge in [0.05, 0.1) is 11.4 Å². The summed E-state index contributed by atoms with van der Waals surface area (Å²) < 4.78 is 0.604. The van der Waals surface area contributed by atoms with Gasteiger partial charge in [-0.3, -0.25) is 14.6 Å². The molecule has 0 spiro atoms. The zero-order valence-electron chi connectivity index (χ0n) is 9.42. The fourth-order valence-electron chi connectivity index (χ4n) is 2.16. The number of rotatable bonds is 2. The highest BCUT2D eigenvalue weighted by atomic mass is 32.1. The molecular formula is C11H11N3O3S. The number of hydrogen-bond donors (Lipinski definition) is 2. The second-order valence-corrected chi connectivity index (χ2v) is 5.21. The zero-order chi connectivity index (χ0) is 12.7. The highest BCUT2D eigenvalue weighted by Gasteiger charge is 2.29. The fourth-order valence-corrected chi connectivity index (χ4v) is 2.89. The Hall–Kier alpha value is -1.89. The number of thiophene rings is 1. The van der Waals surface area contributed by atoms with Crippen LogP contribution in [0.3, 0.4) is 0 Å². The molecule has 2 N–H and O–H groups in total. The van der Waals surface area contributed by atoms with Crippen molar-refractivity contribution in [3.05, 3.63) is 21.8 Å². The van der Waals surface area contributed by atoms with E-state index in [1.807, 2.05) is 10.3 Å². The quantitative estimate of drug-likeness (QED) is 0.842. The summed E-state index contributed by atoms with van der Waals surface area (Å²) in [4.78, 5) is 31.6. The van der Waals surface area contributed by atoms with Gasteiger partial charge in [-0.05, 0) is 17.9 Å². The van der Waals surface area contributed by atoms with E-state index in [2.05, 4.69) is 9.97 Å². The number of nitrogens with zero attached hydrogens (tertiary/aromatic N) is 2. The Bertz CT molecular complexity index is 663. The lowest BCUT2D eigenvalue weighted by Gasteiger charge is -2.15. The summed E-state index contributed by atoms with van der Waals surface area (Å²) in [6, 6.07) is 1.80. The minimum Gasteiger partial charge on any atom is -0.481 e. The Morgan fingerprint density at radius 1 is 1.61 bits per heavy atom. The average Bonchev–Trinajstić information content (AvgIpc) is 2.97. The third-order valence-electron chi connectivity index (χ3n) is 3.14. The maximum atomic E-state index is 11.8. The first-order chi connectivity index (χ1) is 8.65. The zero-order valence-corrected chi connectivity index (χ0v) is 10.2. The molecular weight excluding hydrogens is 254 g/mol. The third-order valence-corrected chi connectivity index (χ3v) is 4.04. The molecule has 0 aliphatic carbocycles. The molecule has 0 saturated carbocycles. The van der Waals surface area contributed by atoms with Crippen molar-refractivity contribution in [1.29, 1.82) is 0 Å². The van der Waals surface area contributed by atoms with Crippen LogP contribution in [0.15, 0.2) is 16.2 Å². The normalized spacial score (nSPS) is 19.6. The van der Waals surface area contributed by atoms with Crippen LogP contribution in [0.4, 0.5) is 5.95 Å². The molecule has 1 atom stereocenters. The Kier molecular flexibility index (Phi) is 2.55. The lowest BCUT2D eigenvalue weighted by Crippen LogP contribution is -2.26. The van der Waals surface area contributed by atoms with E-state index in [-0.39, 0.29) is 11.5 Å². The molecule has 7 heteroatoms. The van der Waals surface area contributed by atoms with Gasteiger partial charge in [0.15, 0.2) is 0 Å². The standard InChI is InChI=1S/C11H11N3O3S/c15-9-8-7(2-4-18-8)12-11(13-9)14-3-1-6(5-14)10(16)17/h2,4,6H,1,3,5H2,(H,16,17)(H,12,13,15)/t6-/m0/s1. The van der Waals surface area contributed by atoms with Gasteiger partial charge >= 0.3 is 5.97 Å². The SMILES string of the molecule is O=C(O)[C@H]1CCN(c2nc3ccsc3c(=O)[nH]2)C1. The van der Waals surface area contributed by atoms with Crippen molar-refractivity contribution in [1.82, 2.24) is 9.97 Å². The van der Waals surface area contributed by atoms with Crippen LogP contribution in [0.1, 0.15) is 6.42 Å². The van der Waals surface area contributed by atoms with E-state index in [1.54, 1.807) is 6.07 Å². The maximum absolute atomic E-state index is 11.8. The number of carbonyl (C=O) groups is 1. The van der Waals surface area contributed by atoms with E-state index in [0.29, 0.717) is 35.7 Å². The van der Waals surface area contributed by atoms with Crippen LogP contribution in [0.25, 0.3) is 10.2 Å². The van der Waals surface area contributed by atoms with Crippen molar-refractivity contribution in [3.8, 4) is 0 Å². The van der Waals surface area contributed by atoms with Crippen LogP contribution < -0.4 is 10.5 Å². The Labute approximate surface area is 106 Å². The minimum absolute atomic E-state index is 0.163. The van der Waals surface area contributed by atoms with E-state index in [1.165, 1.54) is 11.3 Å². The summed E-state index contributed by atoms with van der Waals surface area (Å²) in [7, 11) is 0. The molecule has 2 aromatic heterocycles. The molecule has 0 aromatic carbocycles. The van der Waals surface area contributed by atoms with E-state index in [0.717, 1.165) is 0 Å². The number of nitrogens with one attached hydrogen (secondary N) is 1. The Balaban J connectivity index is 1.96. The van der Waals surface area contributed by atoms with Crippen molar-refractivity contribution in [2.45, 2.75) is 6.42 Å². The largest absolute Gasteiger partial charge is 0.481 e. The number of carboxylic acid groups (broad SMARTS) is 1. The average molecular weight is 265 g/mol. The summed E-state index contributed by atoms with van der Waals surface area (Å²) in [5, 5.41) is 10.8. The number of anilines is 1. The second-order valence-electron chi connectivity index (χ2n) is 4.29. The fraction of sp³-hybridized carbons (Fsp3) is 0.364. The second kappa shape index (κ2) is 4.09. The predicted molar refractivity (Wildman–Crippen MR) is 68.2 cm³/mol. The maximum Gasteiger partial charge on any atom is 0.308 e. The van der Waals surface area contributed by atoms with Crippen molar-refractivity contribution in [2.24, 2.45) is 5.92 Å². The molecule has 3 rings (SSSR count). The van der Waals surface area contributed by atoms with Crippen LogP contribution in [-0.4, -0.2) is 34.1 Å². The van der Waals surface area contributed by atoms with Gasteiger partial charge in [0, 0.05) is 13.1 Å². The minimum atomic E-state index is -0.795. The van der Waals surface area contributed by atoms with Crippen LogP contribution >= 0.6 is 11.3 Å². The lowest BCUT2D eigenvalue weighted by molar-refractivity contribution is -0.140. The molecule has 0 radical (unpaired) electrons. The lowest BCUT2D eigenvalue weighted by atomic mass is 10.1. The van der Waals surface area contributed by atoms with Gasteiger partial charge in [0.25, 0.3) is 5.56 Å². The summed E-state index contributed by atoms with van der Waals surface area (Å²) in [5.74, 6) is -0.709. The van der Waals surface area contributed by atoms with Crippen LogP contribution in [0.5, 0.6) is 0 Å². The van der Waals surface area contributed by atoms with Gasteiger partial charge in [0.2, 0.25) is 5.95 Å². The Morgan fingerprint density at radius 3 is 3.17 bits per heavy atom. The number of aromatic nitrogens is 2. The molecule has 2 aromatic rings. The van der Waals surface area contributed by atoms with E-state index in [9.17, 15) is 9.59 Å². The molecule has 1 fully saturated rings. The van der Waals surface area contributed by atoms with Gasteiger partial charge in [-0.1, -0.05) is 0 Å². The van der Waals surface area contributed by atoms with Crippen molar-refractivity contribution < 1.29 is 9.90 Å². The molecule has 1 saturated heterocycles. The topological polar surface area (TPSA) is 86.3 Å². The van der Waals surface area contributed by atoms with Crippen LogP contribution in [0.2, 0.25) is 0 Å². The van der Waals surface area contributed by atoms with E-state index < -0.39 is 5.97 Å². The summed E-state index contributed by atoms with van der Waals surface area (Å²) >= 11 is 1.35. The Morgan fingerprint density at radius 2 is 2.44 bits per heavy atom. The highest BCUT2D eigenvalue weighted by Crippen LogP contribution is 2.22. The predicted octanol–water partition coefficient (Wildman–Crippen LogP) is 0.895. The van der Waals surface area contributed by atoms with Crippen molar-refractivity contribution in [3.63, 3.8) is 0 Å². The van der Waals surface area contributed by atoms with Gasteiger partial charge < -0.3 is 10.0 Å². The van der Waals surface area contributed by atoms with Gasteiger partial charge in [-0.25, -0.2) is 4.98 Å². The van der Waals surface area contributed by atoms with Crippen LogP contribution in [-0.2, 0) is 4.79 Å². The summed E-state index contributed by atoms with van der Waals surface area (Å²) in [6.45, 7) is 1.00. The van der Waals surface area contributed by atoms with Gasteiger partial charge in [-0.2, -0.15) is 0 Å². The smallest absolute Gasteiger partial charge is 0.308 e. The molecule has 1 aliphatic rings. The third kappa shape index (κ3) is 1.76. The summed E-state index contributed by atoms with van der Waals surface area (Å²) in [5.41, 5.74) is 0.501. The van der Waals surface area contributed by atoms with Gasteiger partial charge in [-0.15, -0.1) is 11.3 Å². The number of hydrogen-bond acceptors (Lipinski definition) is 5. The number of carboxylic acids is 1. The van der Waals surface area contributed by atoms with E-state index >= 15 is 0 Å². The summed E-state index contributed by atoms with van der Waals surface area (Å²) in [6.07, 6.45) is 0.584. The molecule has 0 bridgehead atoms. The highest BCUT2D eigenvalue weighted by molar-refractivity contribution is 7.17. The first kappa shape index (κ1) is 11.2. The van der Waals surface area contributed by atoms with Crippen LogP contribution in [0, 0.1) is 5.92 Å². The first-order valence-electron chi connectivity index (χ1n) is 5.60. The number of aromatic amines is 1.